The summed E-state index contributed by atoms with van der Waals surface area (Å²) in [5, 5.41) is 3.01. The van der Waals surface area contributed by atoms with Gasteiger partial charge in [0.25, 0.3) is 0 Å². The quantitative estimate of drug-likeness (QED) is 0.800. The molecule has 0 aliphatic heterocycles. The first-order chi connectivity index (χ1) is 6.70. The van der Waals surface area contributed by atoms with Crippen LogP contribution in [0.3, 0.4) is 0 Å². The lowest BCUT2D eigenvalue weighted by atomic mass is 10.0. The molecule has 1 N–H and O–H groups in total. The highest BCUT2D eigenvalue weighted by atomic mass is 19.1. The number of alkyl halides is 1. The van der Waals surface area contributed by atoms with Crippen LogP contribution in [0.2, 0.25) is 0 Å². The first kappa shape index (κ1) is 11.0. The highest BCUT2D eigenvalue weighted by molar-refractivity contribution is 5.41. The second-order valence-corrected chi connectivity index (χ2v) is 3.18. The highest BCUT2D eigenvalue weighted by Crippen LogP contribution is 2.30. The molecule has 0 heterocycles. The number of methoxy groups -OCH3 is 1. The van der Waals surface area contributed by atoms with Gasteiger partial charge in [-0.2, -0.15) is 0 Å². The van der Waals surface area contributed by atoms with Crippen LogP contribution in [0, 0.1) is 0 Å². The van der Waals surface area contributed by atoms with E-state index >= 15 is 0 Å². The van der Waals surface area contributed by atoms with E-state index in [9.17, 15) is 4.39 Å². The molecule has 0 saturated heterocycles. The van der Waals surface area contributed by atoms with Gasteiger partial charge >= 0.3 is 0 Å². The Morgan fingerprint density at radius 3 is 2.71 bits per heavy atom. The van der Waals surface area contributed by atoms with Gasteiger partial charge in [-0.05, 0) is 25.6 Å². The Hall–Kier alpha value is -1.09. The summed E-state index contributed by atoms with van der Waals surface area (Å²) < 4.78 is 18.5. The summed E-state index contributed by atoms with van der Waals surface area (Å²) in [6.45, 7) is 2.18. The van der Waals surface area contributed by atoms with Gasteiger partial charge in [0, 0.05) is 12.1 Å². The average Bonchev–Trinajstić information content (AvgIpc) is 2.17. The van der Waals surface area contributed by atoms with E-state index in [1.807, 2.05) is 19.2 Å². The molecule has 0 bridgehead atoms. The van der Waals surface area contributed by atoms with Gasteiger partial charge in [-0.25, -0.2) is 4.39 Å². The van der Waals surface area contributed by atoms with Crippen LogP contribution in [0.1, 0.15) is 24.2 Å². The van der Waals surface area contributed by atoms with Crippen LogP contribution in [0.4, 0.5) is 4.39 Å². The van der Waals surface area contributed by atoms with Crippen LogP contribution in [0.5, 0.6) is 5.75 Å². The monoisotopic (exact) mass is 197 g/mol. The lowest BCUT2D eigenvalue weighted by Crippen LogP contribution is -2.09. The molecule has 1 atom stereocenters. The summed E-state index contributed by atoms with van der Waals surface area (Å²) in [7, 11) is 3.40. The van der Waals surface area contributed by atoms with Crippen molar-refractivity contribution in [1.82, 2.24) is 5.32 Å². The first-order valence-corrected chi connectivity index (χ1v) is 4.65. The fourth-order valence-corrected chi connectivity index (χ4v) is 1.56. The molecule has 0 radical (unpaired) electrons. The summed E-state index contributed by atoms with van der Waals surface area (Å²) in [4.78, 5) is 0. The molecule has 0 aliphatic rings. The van der Waals surface area contributed by atoms with E-state index in [1.165, 1.54) is 6.92 Å². The molecule has 1 aromatic rings. The average molecular weight is 197 g/mol. The largest absolute Gasteiger partial charge is 0.496 e. The van der Waals surface area contributed by atoms with Gasteiger partial charge in [-0.1, -0.05) is 12.1 Å². The van der Waals surface area contributed by atoms with Gasteiger partial charge in [-0.15, -0.1) is 0 Å². The molecule has 1 unspecified atom stereocenters. The number of hydrogen-bond acceptors (Lipinski definition) is 2. The Labute approximate surface area is 84.1 Å². The maximum absolute atomic E-state index is 13.4. The third-order valence-electron chi connectivity index (χ3n) is 2.14. The molecule has 78 valence electrons. The fraction of sp³-hybridized carbons (Fsp3) is 0.455. The third kappa shape index (κ3) is 2.23. The lowest BCUT2D eigenvalue weighted by molar-refractivity contribution is 0.343. The van der Waals surface area contributed by atoms with Crippen LogP contribution in [-0.2, 0) is 6.54 Å². The number of hydrogen-bond donors (Lipinski definition) is 1. The number of ether oxygens (including phenoxy) is 1. The second-order valence-electron chi connectivity index (χ2n) is 3.18. The zero-order valence-corrected chi connectivity index (χ0v) is 8.80. The Morgan fingerprint density at radius 2 is 2.21 bits per heavy atom. The Bertz CT molecular complexity index is 299. The predicted molar refractivity (Wildman–Crippen MR) is 55.3 cm³/mol. The summed E-state index contributed by atoms with van der Waals surface area (Å²) in [5.74, 6) is 0.618. The molecule has 14 heavy (non-hydrogen) atoms. The van der Waals surface area contributed by atoms with E-state index in [1.54, 1.807) is 13.2 Å². The standard InChI is InChI=1S/C11H16FNO/c1-8(12)11-9(7-13-2)5-4-6-10(11)14-3/h4-6,8,13H,7H2,1-3H3. The third-order valence-corrected chi connectivity index (χ3v) is 2.14. The van der Waals surface area contributed by atoms with Gasteiger partial charge in [0.05, 0.1) is 7.11 Å². The van der Waals surface area contributed by atoms with Crippen molar-refractivity contribution in [2.45, 2.75) is 19.6 Å². The summed E-state index contributed by atoms with van der Waals surface area (Å²) >= 11 is 0. The molecule has 1 aromatic carbocycles. The van der Waals surface area contributed by atoms with Crippen molar-refractivity contribution < 1.29 is 9.13 Å². The molecule has 2 nitrogen and oxygen atoms in total. The van der Waals surface area contributed by atoms with Crippen molar-refractivity contribution in [1.29, 1.82) is 0 Å². The van der Waals surface area contributed by atoms with Crippen LogP contribution in [0.15, 0.2) is 18.2 Å². The molecule has 0 spiro atoms. The molecule has 0 saturated carbocycles. The molecule has 1 rings (SSSR count). The molecule has 0 amide bonds. The van der Waals surface area contributed by atoms with E-state index in [-0.39, 0.29) is 0 Å². The highest BCUT2D eigenvalue weighted by Gasteiger charge is 2.14. The topological polar surface area (TPSA) is 21.3 Å². The second kappa shape index (κ2) is 4.96. The number of rotatable bonds is 4. The number of halogens is 1. The SMILES string of the molecule is CNCc1cccc(OC)c1C(C)F. The van der Waals surface area contributed by atoms with Crippen molar-refractivity contribution in [3.05, 3.63) is 29.3 Å². The Balaban J connectivity index is 3.14. The van der Waals surface area contributed by atoms with Gasteiger partial charge in [0.15, 0.2) is 0 Å². The minimum Gasteiger partial charge on any atom is -0.496 e. The van der Waals surface area contributed by atoms with Gasteiger partial charge < -0.3 is 10.1 Å². The van der Waals surface area contributed by atoms with Crippen molar-refractivity contribution in [2.24, 2.45) is 0 Å². The maximum Gasteiger partial charge on any atom is 0.126 e. The predicted octanol–water partition coefficient (Wildman–Crippen LogP) is 2.45. The van der Waals surface area contributed by atoms with Crippen LogP contribution < -0.4 is 10.1 Å². The van der Waals surface area contributed by atoms with E-state index in [2.05, 4.69) is 5.32 Å². The zero-order valence-electron chi connectivity index (χ0n) is 8.80. The minimum absolute atomic E-state index is 0.618. The molecule has 0 aromatic heterocycles. The normalized spacial score (nSPS) is 12.6. The van der Waals surface area contributed by atoms with Crippen LogP contribution in [-0.4, -0.2) is 14.2 Å². The summed E-state index contributed by atoms with van der Waals surface area (Å²) in [5.41, 5.74) is 1.59. The smallest absolute Gasteiger partial charge is 0.126 e. The van der Waals surface area contributed by atoms with E-state index in [0.29, 0.717) is 17.9 Å². The van der Waals surface area contributed by atoms with Crippen molar-refractivity contribution in [3.63, 3.8) is 0 Å². The molecule has 0 fully saturated rings. The lowest BCUT2D eigenvalue weighted by Gasteiger charge is -2.14. The van der Waals surface area contributed by atoms with Gasteiger partial charge in [0.1, 0.15) is 11.9 Å². The van der Waals surface area contributed by atoms with Crippen molar-refractivity contribution in [3.8, 4) is 5.75 Å². The minimum atomic E-state index is -1.01. The van der Waals surface area contributed by atoms with E-state index in [4.69, 9.17) is 4.74 Å². The van der Waals surface area contributed by atoms with E-state index < -0.39 is 6.17 Å². The number of nitrogens with one attached hydrogen (secondary N) is 1. The molecule has 3 heteroatoms. The van der Waals surface area contributed by atoms with Crippen molar-refractivity contribution >= 4 is 0 Å². The Morgan fingerprint density at radius 1 is 1.50 bits per heavy atom. The van der Waals surface area contributed by atoms with Gasteiger partial charge in [-0.3, -0.25) is 0 Å². The fourth-order valence-electron chi connectivity index (χ4n) is 1.56. The van der Waals surface area contributed by atoms with Crippen molar-refractivity contribution in [2.75, 3.05) is 14.2 Å². The summed E-state index contributed by atoms with van der Waals surface area (Å²) in [6, 6.07) is 5.56. The maximum atomic E-state index is 13.4. The van der Waals surface area contributed by atoms with Crippen LogP contribution in [0.25, 0.3) is 0 Å². The molecular formula is C11H16FNO. The van der Waals surface area contributed by atoms with E-state index in [0.717, 1.165) is 5.56 Å². The number of benzene rings is 1. The summed E-state index contributed by atoms with van der Waals surface area (Å²) in [6.07, 6.45) is -1.01. The Kier molecular flexibility index (Phi) is 3.89. The molecule has 0 aliphatic carbocycles. The zero-order chi connectivity index (χ0) is 10.6. The van der Waals surface area contributed by atoms with Crippen LogP contribution >= 0.6 is 0 Å². The van der Waals surface area contributed by atoms with Gasteiger partial charge in [0.2, 0.25) is 0 Å². The molecular weight excluding hydrogens is 181 g/mol. The first-order valence-electron chi connectivity index (χ1n) is 4.65.